The molecule has 2 heterocycles. The summed E-state index contributed by atoms with van der Waals surface area (Å²) in [6.07, 6.45) is 0.271. The fourth-order valence-corrected chi connectivity index (χ4v) is 3.71. The van der Waals surface area contributed by atoms with Crippen LogP contribution in [0.15, 0.2) is 30.0 Å². The van der Waals surface area contributed by atoms with Crippen molar-refractivity contribution in [1.29, 1.82) is 0 Å². The number of aliphatic hydroxyl groups excluding tert-OH is 1. The first-order chi connectivity index (χ1) is 12.4. The van der Waals surface area contributed by atoms with Gasteiger partial charge in [0.25, 0.3) is 5.91 Å². The van der Waals surface area contributed by atoms with Crippen LogP contribution in [0.3, 0.4) is 0 Å². The maximum Gasteiger partial charge on any atom is 0.251 e. The minimum atomic E-state index is -1.43. The summed E-state index contributed by atoms with van der Waals surface area (Å²) in [4.78, 5) is 37.3. The average Bonchev–Trinajstić information content (AvgIpc) is 2.94. The molecule has 0 radical (unpaired) electrons. The van der Waals surface area contributed by atoms with E-state index in [4.69, 9.17) is 0 Å². The van der Waals surface area contributed by atoms with Crippen LogP contribution >= 0.6 is 0 Å². The van der Waals surface area contributed by atoms with Gasteiger partial charge in [0, 0.05) is 12.1 Å². The number of aliphatic hydroxyl groups is 1. The first kappa shape index (κ1) is 18.1. The van der Waals surface area contributed by atoms with Gasteiger partial charge in [0.1, 0.15) is 0 Å². The molecule has 2 N–H and O–H groups in total. The quantitative estimate of drug-likeness (QED) is 0.691. The van der Waals surface area contributed by atoms with Crippen molar-refractivity contribution in [3.8, 4) is 0 Å². The molecular weight excluding hydrogens is 336 g/mol. The third kappa shape index (κ3) is 2.88. The summed E-state index contributed by atoms with van der Waals surface area (Å²) in [5.74, 6) is -2.68. The van der Waals surface area contributed by atoms with Crippen LogP contribution in [0.5, 0.6) is 0 Å². The maximum absolute atomic E-state index is 12.2. The molecule has 2 aliphatic rings. The zero-order valence-corrected chi connectivity index (χ0v) is 14.7. The lowest BCUT2D eigenvalue weighted by Crippen LogP contribution is -2.62. The Morgan fingerprint density at radius 2 is 2.15 bits per heavy atom. The van der Waals surface area contributed by atoms with Gasteiger partial charge in [0.15, 0.2) is 0 Å². The molecule has 26 heavy (non-hydrogen) atoms. The van der Waals surface area contributed by atoms with Crippen molar-refractivity contribution < 1.29 is 24.6 Å². The number of hydrogen-bond acceptors (Lipinski definition) is 5. The molecule has 0 bridgehead atoms. The molecule has 0 spiro atoms. The number of benzene rings is 1. The number of carbonyl (C=O) groups excluding carboxylic acids is 3. The van der Waals surface area contributed by atoms with Crippen molar-refractivity contribution >= 4 is 23.4 Å². The van der Waals surface area contributed by atoms with E-state index >= 15 is 0 Å². The second kappa shape index (κ2) is 6.92. The molecule has 1 fully saturated rings. The van der Waals surface area contributed by atoms with Gasteiger partial charge in [-0.2, -0.15) is 0 Å². The Labute approximate surface area is 151 Å². The van der Waals surface area contributed by atoms with Crippen LogP contribution in [0.2, 0.25) is 0 Å². The van der Waals surface area contributed by atoms with Gasteiger partial charge in [-0.15, -0.1) is 0 Å². The molecule has 2 aliphatic heterocycles. The summed E-state index contributed by atoms with van der Waals surface area (Å²) in [5.41, 5.74) is 1.29. The molecule has 1 saturated heterocycles. The predicted octanol–water partition coefficient (Wildman–Crippen LogP) is -0.101. The van der Waals surface area contributed by atoms with Crippen LogP contribution < -0.4 is 10.4 Å². The summed E-state index contributed by atoms with van der Waals surface area (Å²) < 4.78 is 0. The third-order valence-corrected chi connectivity index (χ3v) is 4.93. The molecule has 3 rings (SSSR count). The average molecular weight is 357 g/mol. The predicted molar refractivity (Wildman–Crippen MR) is 91.4 cm³/mol. The van der Waals surface area contributed by atoms with E-state index in [-0.39, 0.29) is 17.6 Å². The van der Waals surface area contributed by atoms with Crippen LogP contribution in [-0.2, 0) is 9.59 Å². The Morgan fingerprint density at radius 3 is 2.77 bits per heavy atom. The number of fused-ring (bicyclic) bond motifs is 1. The van der Waals surface area contributed by atoms with Gasteiger partial charge < -0.3 is 25.2 Å². The SMILES string of the molecule is CCCNC(=O)c1cccc(C2=C(C(=O)[O-])N3C(=O)[C@H]([C@@H](C)O)[C@H]3C2)c1. The van der Waals surface area contributed by atoms with E-state index in [1.165, 1.54) is 11.8 Å². The number of hydrogen-bond donors (Lipinski definition) is 2. The topological polar surface area (TPSA) is 110 Å². The Hall–Kier alpha value is -2.67. The second-order valence-electron chi connectivity index (χ2n) is 6.70. The molecule has 0 aromatic heterocycles. The van der Waals surface area contributed by atoms with Gasteiger partial charge in [-0.25, -0.2) is 0 Å². The lowest BCUT2D eigenvalue weighted by molar-refractivity contribution is -0.301. The number of carbonyl (C=O) groups is 3. The van der Waals surface area contributed by atoms with E-state index in [1.54, 1.807) is 24.3 Å². The highest BCUT2D eigenvalue weighted by Gasteiger charge is 2.55. The first-order valence-corrected chi connectivity index (χ1v) is 8.71. The highest BCUT2D eigenvalue weighted by atomic mass is 16.4. The molecular formula is C19H21N2O5-. The van der Waals surface area contributed by atoms with Crippen molar-refractivity contribution in [1.82, 2.24) is 10.2 Å². The lowest BCUT2D eigenvalue weighted by Gasteiger charge is -2.45. The van der Waals surface area contributed by atoms with Crippen molar-refractivity contribution in [2.45, 2.75) is 38.8 Å². The second-order valence-corrected chi connectivity index (χ2v) is 6.70. The van der Waals surface area contributed by atoms with Crippen LogP contribution in [0.25, 0.3) is 5.57 Å². The number of nitrogens with one attached hydrogen (secondary N) is 1. The monoisotopic (exact) mass is 357 g/mol. The molecule has 138 valence electrons. The summed E-state index contributed by atoms with van der Waals surface area (Å²) >= 11 is 0. The molecule has 1 aromatic carbocycles. The molecule has 1 aromatic rings. The largest absolute Gasteiger partial charge is 0.543 e. The van der Waals surface area contributed by atoms with Crippen molar-refractivity contribution in [3.63, 3.8) is 0 Å². The fraction of sp³-hybridized carbons (Fsp3) is 0.421. The van der Waals surface area contributed by atoms with Gasteiger partial charge in [0.05, 0.1) is 29.7 Å². The Kier molecular flexibility index (Phi) is 4.82. The number of β-lactam (4-membered cyclic amide) rings is 1. The zero-order chi connectivity index (χ0) is 19.0. The summed E-state index contributed by atoms with van der Waals surface area (Å²) in [5, 5.41) is 24.2. The van der Waals surface area contributed by atoms with Crippen LogP contribution in [0.4, 0.5) is 0 Å². The standard InChI is InChI=1S/C19H22N2O5/c1-3-7-20-17(23)12-6-4-5-11(8-12)13-9-14-15(10(2)22)18(24)21(14)16(13)19(25)26/h4-6,8,10,14-15,22H,3,7,9H2,1-2H3,(H,20,23)(H,25,26)/p-1/t10-,14-,15-/m1/s1. The van der Waals surface area contributed by atoms with E-state index in [0.717, 1.165) is 6.42 Å². The van der Waals surface area contributed by atoms with Crippen molar-refractivity contribution in [2.75, 3.05) is 6.54 Å². The molecule has 7 nitrogen and oxygen atoms in total. The number of aliphatic carboxylic acids is 1. The van der Waals surface area contributed by atoms with Crippen LogP contribution in [0, 0.1) is 5.92 Å². The van der Waals surface area contributed by atoms with E-state index in [9.17, 15) is 24.6 Å². The maximum atomic E-state index is 12.2. The summed E-state index contributed by atoms with van der Waals surface area (Å²) in [6.45, 7) is 4.03. The van der Waals surface area contributed by atoms with Crippen molar-refractivity contribution in [2.24, 2.45) is 5.92 Å². The minimum Gasteiger partial charge on any atom is -0.543 e. The molecule has 0 unspecified atom stereocenters. The van der Waals surface area contributed by atoms with Gasteiger partial charge >= 0.3 is 0 Å². The van der Waals surface area contributed by atoms with E-state index < -0.39 is 23.9 Å². The van der Waals surface area contributed by atoms with Gasteiger partial charge in [-0.1, -0.05) is 19.1 Å². The van der Waals surface area contributed by atoms with E-state index in [1.807, 2.05) is 6.92 Å². The Morgan fingerprint density at radius 1 is 1.42 bits per heavy atom. The number of nitrogens with zero attached hydrogens (tertiary/aromatic N) is 1. The lowest BCUT2D eigenvalue weighted by atomic mass is 9.82. The fourth-order valence-electron chi connectivity index (χ4n) is 3.71. The first-order valence-electron chi connectivity index (χ1n) is 8.71. The van der Waals surface area contributed by atoms with Gasteiger partial charge in [-0.3, -0.25) is 9.59 Å². The van der Waals surface area contributed by atoms with Gasteiger partial charge in [-0.05, 0) is 43.0 Å². The molecule has 7 heteroatoms. The van der Waals surface area contributed by atoms with E-state index in [0.29, 0.717) is 29.7 Å². The minimum absolute atomic E-state index is 0.164. The van der Waals surface area contributed by atoms with Gasteiger partial charge in [0.2, 0.25) is 5.91 Å². The number of carboxylic acids is 1. The summed E-state index contributed by atoms with van der Waals surface area (Å²) in [6, 6.07) is 6.28. The third-order valence-electron chi connectivity index (χ3n) is 4.93. The van der Waals surface area contributed by atoms with Crippen LogP contribution in [0.1, 0.15) is 42.6 Å². The molecule has 3 atom stereocenters. The highest BCUT2D eigenvalue weighted by Crippen LogP contribution is 2.46. The number of carboxylic acid groups (broad SMARTS) is 1. The molecule has 2 amide bonds. The Balaban J connectivity index is 1.95. The summed E-state index contributed by atoms with van der Waals surface area (Å²) in [7, 11) is 0. The molecule has 0 saturated carbocycles. The number of rotatable bonds is 6. The molecule has 0 aliphatic carbocycles. The number of amides is 2. The zero-order valence-electron chi connectivity index (χ0n) is 14.7. The Bertz CT molecular complexity index is 799. The van der Waals surface area contributed by atoms with E-state index in [2.05, 4.69) is 5.32 Å². The van der Waals surface area contributed by atoms with Crippen molar-refractivity contribution in [3.05, 3.63) is 41.1 Å². The normalized spacial score (nSPS) is 22.7. The van der Waals surface area contributed by atoms with Crippen LogP contribution in [-0.4, -0.2) is 46.5 Å². The highest BCUT2D eigenvalue weighted by molar-refractivity contribution is 6.06. The smallest absolute Gasteiger partial charge is 0.251 e.